The van der Waals surface area contributed by atoms with Gasteiger partial charge in [0.2, 0.25) is 0 Å². The number of aromatic nitrogens is 1. The molecule has 0 amide bonds. The molecule has 3 aromatic rings. The third-order valence-corrected chi connectivity index (χ3v) is 5.02. The zero-order chi connectivity index (χ0) is 17.1. The molecule has 2 aromatic carbocycles. The Hall–Kier alpha value is -2.44. The van der Waals surface area contributed by atoms with Crippen molar-refractivity contribution in [2.75, 3.05) is 7.11 Å². The number of nitrogens with zero attached hydrogens (tertiary/aromatic N) is 1. The number of ether oxygens (including phenoxy) is 1. The topological polar surface area (TPSA) is 40.5 Å². The smallest absolute Gasteiger partial charge is 0.363 e. The summed E-state index contributed by atoms with van der Waals surface area (Å²) in [5.41, 5.74) is 2.27. The molecule has 0 unspecified atom stereocenters. The third-order valence-electron chi connectivity index (χ3n) is 3.52. The van der Waals surface area contributed by atoms with Crippen LogP contribution in [0.3, 0.4) is 0 Å². The van der Waals surface area contributed by atoms with E-state index in [4.69, 9.17) is 21.8 Å². The van der Waals surface area contributed by atoms with Gasteiger partial charge < -0.3 is 9.57 Å². The predicted octanol–water partition coefficient (Wildman–Crippen LogP) is 4.53. The first-order chi connectivity index (χ1) is 11.6. The van der Waals surface area contributed by atoms with Gasteiger partial charge in [0.25, 0.3) is 0 Å². The van der Waals surface area contributed by atoms with E-state index in [9.17, 15) is 4.79 Å². The van der Waals surface area contributed by atoms with Crippen LogP contribution in [-0.4, -0.2) is 17.8 Å². The third kappa shape index (κ3) is 3.25. The fraction of sp³-hybridized carbons (Fsp3) is 0.111. The molecule has 0 bridgehead atoms. The highest BCUT2D eigenvalue weighted by Gasteiger charge is 2.15. The second kappa shape index (κ2) is 6.98. The minimum atomic E-state index is -0.436. The molecule has 0 atom stereocenters. The van der Waals surface area contributed by atoms with Crippen LogP contribution in [0.5, 0.6) is 5.75 Å². The molecule has 0 radical (unpaired) electrons. The molecule has 24 heavy (non-hydrogen) atoms. The van der Waals surface area contributed by atoms with Crippen LogP contribution in [0, 0.1) is 10.9 Å². The van der Waals surface area contributed by atoms with E-state index in [1.807, 2.05) is 37.3 Å². The average Bonchev–Trinajstić information content (AvgIpc) is 2.90. The molecular weight excluding hydrogens is 342 g/mol. The van der Waals surface area contributed by atoms with Crippen molar-refractivity contribution in [3.63, 3.8) is 0 Å². The van der Waals surface area contributed by atoms with E-state index in [0.717, 1.165) is 21.9 Å². The quantitative estimate of drug-likeness (QED) is 0.643. The van der Waals surface area contributed by atoms with Gasteiger partial charge in [-0.3, -0.25) is 0 Å². The first kappa shape index (κ1) is 16.4. The van der Waals surface area contributed by atoms with Crippen molar-refractivity contribution < 1.29 is 14.4 Å². The average molecular weight is 357 g/mol. The van der Waals surface area contributed by atoms with Crippen LogP contribution in [0.25, 0.3) is 10.4 Å². The van der Waals surface area contributed by atoms with Crippen LogP contribution in [0.2, 0.25) is 0 Å². The molecule has 0 N–H and O–H groups in total. The van der Waals surface area contributed by atoms with Crippen LogP contribution >= 0.6 is 23.6 Å². The van der Waals surface area contributed by atoms with Crippen LogP contribution in [0.1, 0.15) is 16.1 Å². The van der Waals surface area contributed by atoms with Gasteiger partial charge in [0, 0.05) is 0 Å². The van der Waals surface area contributed by atoms with Gasteiger partial charge in [-0.05, 0) is 61.1 Å². The minimum absolute atomic E-state index is 0.436. The van der Waals surface area contributed by atoms with Crippen LogP contribution in [0.4, 0.5) is 0 Å². The van der Waals surface area contributed by atoms with Gasteiger partial charge in [-0.15, -0.1) is 11.3 Å². The number of rotatable bonds is 4. The van der Waals surface area contributed by atoms with Crippen molar-refractivity contribution in [1.29, 1.82) is 0 Å². The lowest BCUT2D eigenvalue weighted by molar-refractivity contribution is 0.0450. The molecule has 0 aliphatic heterocycles. The first-order valence-electron chi connectivity index (χ1n) is 7.24. The number of thiazole rings is 1. The molecule has 0 fully saturated rings. The molecule has 1 heterocycles. The molecule has 0 aliphatic rings. The summed E-state index contributed by atoms with van der Waals surface area (Å²) in [7, 11) is 1.63. The van der Waals surface area contributed by atoms with E-state index >= 15 is 0 Å². The Morgan fingerprint density at radius 2 is 1.75 bits per heavy atom. The summed E-state index contributed by atoms with van der Waals surface area (Å²) < 4.78 is 7.07. The lowest BCUT2D eigenvalue weighted by Gasteiger charge is -2.07. The van der Waals surface area contributed by atoms with Gasteiger partial charge >= 0.3 is 5.97 Å². The van der Waals surface area contributed by atoms with Gasteiger partial charge in [0.1, 0.15) is 5.75 Å². The SMILES string of the molecule is COc1ccc(-c2sc(=S)n(OC(=O)c3ccccc3)c2C)cc1. The van der Waals surface area contributed by atoms with Crippen LogP contribution in [0.15, 0.2) is 54.6 Å². The molecule has 0 saturated carbocycles. The number of carbonyl (C=O) groups is 1. The van der Waals surface area contributed by atoms with Crippen molar-refractivity contribution in [2.45, 2.75) is 6.92 Å². The highest BCUT2D eigenvalue weighted by Crippen LogP contribution is 2.31. The zero-order valence-corrected chi connectivity index (χ0v) is 14.8. The van der Waals surface area contributed by atoms with E-state index in [2.05, 4.69) is 0 Å². The maximum Gasteiger partial charge on any atom is 0.363 e. The lowest BCUT2D eigenvalue weighted by Crippen LogP contribution is -2.20. The summed E-state index contributed by atoms with van der Waals surface area (Å²) in [5.74, 6) is 0.351. The van der Waals surface area contributed by atoms with E-state index in [1.165, 1.54) is 16.1 Å². The first-order valence-corrected chi connectivity index (χ1v) is 8.47. The van der Waals surface area contributed by atoms with Gasteiger partial charge in [0.05, 0.1) is 23.2 Å². The monoisotopic (exact) mass is 357 g/mol. The summed E-state index contributed by atoms with van der Waals surface area (Å²) in [5, 5.41) is 0. The summed E-state index contributed by atoms with van der Waals surface area (Å²) in [4.78, 5) is 18.7. The number of hydrogen-bond acceptors (Lipinski definition) is 5. The number of methoxy groups -OCH3 is 1. The van der Waals surface area contributed by atoms with Crippen molar-refractivity contribution in [3.05, 3.63) is 69.8 Å². The minimum Gasteiger partial charge on any atom is -0.497 e. The molecule has 122 valence electrons. The highest BCUT2D eigenvalue weighted by molar-refractivity contribution is 7.73. The molecule has 1 aromatic heterocycles. The number of benzene rings is 2. The molecular formula is C18H15NO3S2. The fourth-order valence-corrected chi connectivity index (χ4v) is 3.60. The van der Waals surface area contributed by atoms with Gasteiger partial charge in [-0.1, -0.05) is 18.2 Å². The van der Waals surface area contributed by atoms with Crippen molar-refractivity contribution in [2.24, 2.45) is 0 Å². The second-order valence-electron chi connectivity index (χ2n) is 5.05. The van der Waals surface area contributed by atoms with E-state index in [1.54, 1.807) is 31.4 Å². The molecule has 3 rings (SSSR count). The van der Waals surface area contributed by atoms with Crippen LogP contribution in [-0.2, 0) is 0 Å². The summed E-state index contributed by atoms with van der Waals surface area (Å²) in [6.45, 7) is 1.88. The number of carbonyl (C=O) groups excluding carboxylic acids is 1. The van der Waals surface area contributed by atoms with E-state index < -0.39 is 5.97 Å². The molecule has 0 aliphatic carbocycles. The molecule has 0 saturated heterocycles. The predicted molar refractivity (Wildman–Crippen MR) is 97.2 cm³/mol. The maximum absolute atomic E-state index is 12.2. The van der Waals surface area contributed by atoms with E-state index in [0.29, 0.717) is 9.52 Å². The largest absolute Gasteiger partial charge is 0.497 e. The van der Waals surface area contributed by atoms with Crippen molar-refractivity contribution in [3.8, 4) is 16.2 Å². The van der Waals surface area contributed by atoms with Crippen LogP contribution < -0.4 is 9.57 Å². The van der Waals surface area contributed by atoms with Gasteiger partial charge in [-0.2, -0.15) is 4.73 Å². The Bertz CT molecular complexity index is 912. The van der Waals surface area contributed by atoms with Gasteiger partial charge in [-0.25, -0.2) is 4.79 Å². The molecule has 6 heteroatoms. The van der Waals surface area contributed by atoms with E-state index in [-0.39, 0.29) is 0 Å². The number of hydrogen-bond donors (Lipinski definition) is 0. The fourth-order valence-electron chi connectivity index (χ4n) is 2.26. The standard InChI is InChI=1S/C18H15NO3S2/c1-12-16(13-8-10-15(21-2)11-9-13)24-18(23)19(12)22-17(20)14-6-4-3-5-7-14/h3-11H,1-2H3. The lowest BCUT2D eigenvalue weighted by atomic mass is 10.1. The molecule has 4 nitrogen and oxygen atoms in total. The Balaban J connectivity index is 1.92. The summed E-state index contributed by atoms with van der Waals surface area (Å²) >= 11 is 6.76. The van der Waals surface area contributed by atoms with Crippen molar-refractivity contribution >= 4 is 29.5 Å². The molecule has 0 spiro atoms. The maximum atomic E-state index is 12.2. The summed E-state index contributed by atoms with van der Waals surface area (Å²) in [6, 6.07) is 16.5. The Labute approximate surface area is 148 Å². The highest BCUT2D eigenvalue weighted by atomic mass is 32.1. The Morgan fingerprint density at radius 3 is 2.38 bits per heavy atom. The second-order valence-corrected chi connectivity index (χ2v) is 6.69. The van der Waals surface area contributed by atoms with Crippen molar-refractivity contribution in [1.82, 2.24) is 4.73 Å². The summed E-state index contributed by atoms with van der Waals surface area (Å²) in [6.07, 6.45) is 0. The Kier molecular flexibility index (Phi) is 4.78. The zero-order valence-electron chi connectivity index (χ0n) is 13.2. The Morgan fingerprint density at radius 1 is 1.08 bits per heavy atom. The van der Waals surface area contributed by atoms with Gasteiger partial charge in [0.15, 0.2) is 3.95 Å². The normalized spacial score (nSPS) is 10.4.